The number of hydrogen-bond donors (Lipinski definition) is 1. The van der Waals surface area contributed by atoms with Crippen LogP contribution < -0.4 is 5.32 Å². The first-order valence-electron chi connectivity index (χ1n) is 6.46. The molecule has 1 N–H and O–H groups in total. The van der Waals surface area contributed by atoms with Gasteiger partial charge in [0.05, 0.1) is 25.9 Å². The number of rotatable bonds is 8. The lowest BCUT2D eigenvalue weighted by molar-refractivity contribution is 0.0433. The summed E-state index contributed by atoms with van der Waals surface area (Å²) in [5.74, 6) is 0. The van der Waals surface area contributed by atoms with Crippen LogP contribution in [0.3, 0.4) is 0 Å². The maximum atomic E-state index is 9.61. The molecule has 0 saturated heterocycles. The summed E-state index contributed by atoms with van der Waals surface area (Å²) in [5, 5.41) is 12.9. The van der Waals surface area contributed by atoms with Crippen LogP contribution in [0.15, 0.2) is 30.3 Å². The Hall–Kier alpha value is -1.41. The molecule has 0 aliphatic carbocycles. The average Bonchev–Trinajstić information content (AvgIpc) is 2.43. The Morgan fingerprint density at radius 1 is 1.26 bits per heavy atom. The van der Waals surface area contributed by atoms with Crippen LogP contribution in [0, 0.1) is 11.3 Å². The van der Waals surface area contributed by atoms with Crippen LogP contribution in [0.2, 0.25) is 0 Å². The minimum Gasteiger partial charge on any atom is -0.382 e. The molecule has 19 heavy (non-hydrogen) atoms. The molecule has 0 aliphatic heterocycles. The third-order valence-corrected chi connectivity index (χ3v) is 2.74. The summed E-state index contributed by atoms with van der Waals surface area (Å²) < 4.78 is 10.5. The zero-order valence-corrected chi connectivity index (χ0v) is 11.8. The largest absolute Gasteiger partial charge is 0.382 e. The van der Waals surface area contributed by atoms with Gasteiger partial charge in [0, 0.05) is 13.2 Å². The molecule has 1 rings (SSSR count). The number of methoxy groups -OCH3 is 1. The number of nitriles is 1. The second kappa shape index (κ2) is 7.90. The number of ether oxygens (including phenoxy) is 2. The van der Waals surface area contributed by atoms with Gasteiger partial charge in [0.15, 0.2) is 5.54 Å². The van der Waals surface area contributed by atoms with E-state index in [0.29, 0.717) is 19.8 Å². The van der Waals surface area contributed by atoms with E-state index in [0.717, 1.165) is 5.56 Å². The van der Waals surface area contributed by atoms with Crippen LogP contribution in [-0.2, 0) is 15.0 Å². The number of nitrogens with one attached hydrogen (secondary N) is 1. The van der Waals surface area contributed by atoms with E-state index in [-0.39, 0.29) is 6.04 Å². The Kier molecular flexibility index (Phi) is 6.51. The summed E-state index contributed by atoms with van der Waals surface area (Å²) in [5.41, 5.74) is 0.104. The summed E-state index contributed by atoms with van der Waals surface area (Å²) >= 11 is 0. The first-order chi connectivity index (χ1) is 9.14. The predicted molar refractivity (Wildman–Crippen MR) is 74.7 cm³/mol. The molecule has 4 heteroatoms. The van der Waals surface area contributed by atoms with Gasteiger partial charge in [-0.05, 0) is 19.4 Å². The van der Waals surface area contributed by atoms with Crippen molar-refractivity contribution in [1.29, 1.82) is 5.26 Å². The highest BCUT2D eigenvalue weighted by molar-refractivity contribution is 5.31. The Morgan fingerprint density at radius 2 is 1.95 bits per heavy atom. The summed E-state index contributed by atoms with van der Waals surface area (Å²) in [6, 6.07) is 12.2. The summed E-state index contributed by atoms with van der Waals surface area (Å²) in [6.07, 6.45) is 0. The normalized spacial score (nSPS) is 14.1. The SMILES string of the molecule is COCCOCC(C#N)(NC(C)C)c1ccccc1. The molecule has 1 atom stereocenters. The second-order valence-corrected chi connectivity index (χ2v) is 4.73. The van der Waals surface area contributed by atoms with Gasteiger partial charge in [-0.25, -0.2) is 0 Å². The number of benzene rings is 1. The van der Waals surface area contributed by atoms with E-state index < -0.39 is 5.54 Å². The van der Waals surface area contributed by atoms with Gasteiger partial charge in [-0.15, -0.1) is 0 Å². The molecular formula is C15H22N2O2. The first kappa shape index (κ1) is 15.6. The van der Waals surface area contributed by atoms with E-state index in [1.807, 2.05) is 44.2 Å². The van der Waals surface area contributed by atoms with Crippen LogP contribution in [0.25, 0.3) is 0 Å². The highest BCUT2D eigenvalue weighted by Gasteiger charge is 2.33. The second-order valence-electron chi connectivity index (χ2n) is 4.73. The predicted octanol–water partition coefficient (Wildman–Crippen LogP) is 2.07. The molecule has 4 nitrogen and oxygen atoms in total. The summed E-state index contributed by atoms with van der Waals surface area (Å²) in [7, 11) is 1.63. The molecule has 0 aliphatic rings. The lowest BCUT2D eigenvalue weighted by Crippen LogP contribution is -2.48. The Morgan fingerprint density at radius 3 is 2.47 bits per heavy atom. The first-order valence-corrected chi connectivity index (χ1v) is 6.46. The number of nitrogens with zero attached hydrogens (tertiary/aromatic N) is 1. The van der Waals surface area contributed by atoms with Gasteiger partial charge in [0.25, 0.3) is 0 Å². The molecule has 0 aromatic heterocycles. The summed E-state index contributed by atoms with van der Waals surface area (Å²) in [6.45, 7) is 5.34. The smallest absolute Gasteiger partial charge is 0.156 e. The van der Waals surface area contributed by atoms with Gasteiger partial charge in [-0.1, -0.05) is 30.3 Å². The van der Waals surface area contributed by atoms with Crippen molar-refractivity contribution < 1.29 is 9.47 Å². The molecule has 0 bridgehead atoms. The zero-order chi connectivity index (χ0) is 14.1. The van der Waals surface area contributed by atoms with E-state index >= 15 is 0 Å². The number of hydrogen-bond acceptors (Lipinski definition) is 4. The third kappa shape index (κ3) is 4.64. The monoisotopic (exact) mass is 262 g/mol. The van der Waals surface area contributed by atoms with Crippen molar-refractivity contribution in [1.82, 2.24) is 5.32 Å². The van der Waals surface area contributed by atoms with Crippen LogP contribution in [0.4, 0.5) is 0 Å². The quantitative estimate of drug-likeness (QED) is 0.729. The minimum absolute atomic E-state index is 0.186. The standard InChI is InChI=1S/C15H22N2O2/c1-13(2)17-15(11-16,12-19-10-9-18-3)14-7-5-4-6-8-14/h4-8,13,17H,9-10,12H2,1-3H3. The fourth-order valence-electron chi connectivity index (χ4n) is 1.92. The molecular weight excluding hydrogens is 240 g/mol. The van der Waals surface area contributed by atoms with Gasteiger partial charge in [-0.2, -0.15) is 5.26 Å². The molecule has 1 aromatic rings. The van der Waals surface area contributed by atoms with Crippen molar-refractivity contribution in [2.45, 2.75) is 25.4 Å². The Labute approximate surface area is 115 Å². The molecule has 0 fully saturated rings. The molecule has 0 radical (unpaired) electrons. The average molecular weight is 262 g/mol. The van der Waals surface area contributed by atoms with Crippen LogP contribution in [0.1, 0.15) is 19.4 Å². The van der Waals surface area contributed by atoms with Crippen molar-refractivity contribution >= 4 is 0 Å². The van der Waals surface area contributed by atoms with Gasteiger partial charge >= 0.3 is 0 Å². The topological polar surface area (TPSA) is 54.3 Å². The van der Waals surface area contributed by atoms with Crippen LogP contribution in [-0.4, -0.2) is 33.0 Å². The molecule has 0 saturated carbocycles. The van der Waals surface area contributed by atoms with Crippen LogP contribution in [0.5, 0.6) is 0 Å². The van der Waals surface area contributed by atoms with Crippen LogP contribution >= 0.6 is 0 Å². The summed E-state index contributed by atoms with van der Waals surface area (Å²) in [4.78, 5) is 0. The highest BCUT2D eigenvalue weighted by Crippen LogP contribution is 2.21. The van der Waals surface area contributed by atoms with E-state index in [2.05, 4.69) is 11.4 Å². The van der Waals surface area contributed by atoms with E-state index in [9.17, 15) is 5.26 Å². The van der Waals surface area contributed by atoms with E-state index in [1.54, 1.807) is 7.11 Å². The third-order valence-electron chi connectivity index (χ3n) is 2.74. The highest BCUT2D eigenvalue weighted by atomic mass is 16.5. The molecule has 104 valence electrons. The van der Waals surface area contributed by atoms with Gasteiger partial charge in [0.2, 0.25) is 0 Å². The maximum absolute atomic E-state index is 9.61. The van der Waals surface area contributed by atoms with Crippen molar-refractivity contribution in [2.24, 2.45) is 0 Å². The van der Waals surface area contributed by atoms with Gasteiger partial charge < -0.3 is 9.47 Å². The lowest BCUT2D eigenvalue weighted by Gasteiger charge is -2.30. The fourth-order valence-corrected chi connectivity index (χ4v) is 1.92. The fraction of sp³-hybridized carbons (Fsp3) is 0.533. The van der Waals surface area contributed by atoms with E-state index in [4.69, 9.17) is 9.47 Å². The molecule has 0 amide bonds. The zero-order valence-electron chi connectivity index (χ0n) is 11.8. The van der Waals surface area contributed by atoms with E-state index in [1.165, 1.54) is 0 Å². The van der Waals surface area contributed by atoms with Crippen molar-refractivity contribution in [2.75, 3.05) is 26.9 Å². The van der Waals surface area contributed by atoms with Crippen molar-refractivity contribution in [3.05, 3.63) is 35.9 Å². The molecule has 0 heterocycles. The Balaban J connectivity index is 2.86. The van der Waals surface area contributed by atoms with Crippen molar-refractivity contribution in [3.63, 3.8) is 0 Å². The molecule has 1 unspecified atom stereocenters. The Bertz CT molecular complexity index is 400. The molecule has 0 spiro atoms. The molecule has 1 aromatic carbocycles. The van der Waals surface area contributed by atoms with Gasteiger partial charge in [0.1, 0.15) is 0 Å². The minimum atomic E-state index is -0.816. The lowest BCUT2D eigenvalue weighted by atomic mass is 9.91. The maximum Gasteiger partial charge on any atom is 0.156 e. The van der Waals surface area contributed by atoms with Crippen molar-refractivity contribution in [3.8, 4) is 6.07 Å². The van der Waals surface area contributed by atoms with Gasteiger partial charge in [-0.3, -0.25) is 5.32 Å².